The number of nitrogens with one attached hydrogen (secondary N) is 5. The highest BCUT2D eigenvalue weighted by Crippen LogP contribution is 2.31. The number of aliphatic hydroxyl groups excluding tert-OH is 1. The van der Waals surface area contributed by atoms with E-state index in [2.05, 4.69) is 40.9 Å². The average Bonchev–Trinajstić information content (AvgIpc) is 3.35. The number of rotatable bonds is 22. The Morgan fingerprint density at radius 2 is 1.00 bits per heavy atom. The summed E-state index contributed by atoms with van der Waals surface area (Å²) in [5.41, 5.74) is 49.8. The third kappa shape index (κ3) is 14.7. The number of fused-ring (bicyclic) bond motifs is 1. The van der Waals surface area contributed by atoms with Crippen molar-refractivity contribution in [1.29, 1.82) is 0 Å². The monoisotopic (exact) mass is 1020 g/mol. The van der Waals surface area contributed by atoms with E-state index in [1.165, 1.54) is 48.5 Å². The summed E-state index contributed by atoms with van der Waals surface area (Å²) in [5.74, 6) is -10.8. The van der Waals surface area contributed by atoms with Crippen LogP contribution in [0.25, 0.3) is 22.3 Å². The number of aromatic nitrogens is 2. The summed E-state index contributed by atoms with van der Waals surface area (Å²) in [5, 5.41) is 35.5. The molecule has 0 radical (unpaired) electrons. The van der Waals surface area contributed by atoms with Crippen LogP contribution in [0, 0.1) is 10.1 Å². The first-order valence-electron chi connectivity index (χ1n) is 21.3. The lowest BCUT2D eigenvalue weighted by atomic mass is 10.1. The number of carbonyl (C=O) groups excluding carboxylic acids is 6. The van der Waals surface area contributed by atoms with E-state index in [1.807, 2.05) is 10.6 Å². The molecule has 0 saturated carbocycles. The molecule has 0 saturated heterocycles. The minimum absolute atomic E-state index is 0.0362. The van der Waals surface area contributed by atoms with Gasteiger partial charge in [0.2, 0.25) is 36.8 Å². The van der Waals surface area contributed by atoms with Gasteiger partial charge < -0.3 is 88.2 Å². The molecule has 0 bridgehead atoms. The summed E-state index contributed by atoms with van der Waals surface area (Å²) >= 11 is 0. The number of anilines is 1. The molecular formula is C43H50N22O9. The fourth-order valence-corrected chi connectivity index (χ4v) is 6.67. The van der Waals surface area contributed by atoms with Gasteiger partial charge in [-0.15, -0.1) is 0 Å². The number of nitrogens with two attached hydrogens (primary N) is 9. The molecule has 0 fully saturated rings. The van der Waals surface area contributed by atoms with E-state index >= 15 is 0 Å². The first-order valence-corrected chi connectivity index (χ1v) is 21.3. The Morgan fingerprint density at radius 1 is 0.554 bits per heavy atom. The van der Waals surface area contributed by atoms with Gasteiger partial charge in [0.25, 0.3) is 35.2 Å². The molecule has 1 aromatic heterocycles. The molecule has 31 heteroatoms. The number of benzene rings is 4. The second-order valence-electron chi connectivity index (χ2n) is 15.3. The number of guanidine groups is 4. The zero-order chi connectivity index (χ0) is 54.2. The van der Waals surface area contributed by atoms with Crippen LogP contribution in [0.5, 0.6) is 0 Å². The number of carbonyl (C=O) groups is 6. The number of para-hydroxylation sites is 2. The number of nitro groups is 1. The van der Waals surface area contributed by atoms with Gasteiger partial charge >= 0.3 is 0 Å². The van der Waals surface area contributed by atoms with Crippen LogP contribution in [-0.2, 0) is 35.3 Å². The van der Waals surface area contributed by atoms with Gasteiger partial charge in [-0.25, -0.2) is 29.9 Å². The maximum absolute atomic E-state index is 14.5. The lowest BCUT2D eigenvalue weighted by Crippen LogP contribution is -2.58. The van der Waals surface area contributed by atoms with Crippen molar-refractivity contribution in [3.63, 3.8) is 0 Å². The number of hydrogen-bond acceptors (Lipinski definition) is 16. The normalized spacial score (nSPS) is 13.0. The van der Waals surface area contributed by atoms with Crippen LogP contribution in [-0.4, -0.2) is 110 Å². The molecule has 24 N–H and O–H groups in total. The van der Waals surface area contributed by atoms with Crippen LogP contribution < -0.4 is 83.1 Å². The Kier molecular flexibility index (Phi) is 18.1. The van der Waals surface area contributed by atoms with Crippen molar-refractivity contribution in [3.05, 3.63) is 130 Å². The highest BCUT2D eigenvalue weighted by Gasteiger charge is 2.36. The maximum atomic E-state index is 14.5. The van der Waals surface area contributed by atoms with Gasteiger partial charge in [-0.2, -0.15) is 0 Å². The van der Waals surface area contributed by atoms with Crippen molar-refractivity contribution >= 4 is 81.7 Å². The Morgan fingerprint density at radius 3 is 1.51 bits per heavy atom. The van der Waals surface area contributed by atoms with Crippen LogP contribution in [0.2, 0.25) is 0 Å². The highest BCUT2D eigenvalue weighted by atomic mass is 16.6. The topological polar surface area (TPSA) is 539 Å². The van der Waals surface area contributed by atoms with Gasteiger partial charge in [0.15, 0.2) is 29.7 Å². The van der Waals surface area contributed by atoms with Gasteiger partial charge in [0.05, 0.1) is 17.0 Å². The number of aliphatic imine (C=N–C) groups is 4. The van der Waals surface area contributed by atoms with E-state index in [1.54, 1.807) is 60.7 Å². The van der Waals surface area contributed by atoms with Crippen molar-refractivity contribution in [1.82, 2.24) is 36.6 Å². The molecule has 6 unspecified atom stereocenters. The molecule has 31 nitrogen and oxygen atoms in total. The van der Waals surface area contributed by atoms with Gasteiger partial charge in [-0.3, -0.25) is 38.9 Å². The Bertz CT molecular complexity index is 3020. The van der Waals surface area contributed by atoms with E-state index in [9.17, 15) is 44.0 Å². The largest absolute Gasteiger partial charge is 0.370 e. The molecule has 0 aliphatic carbocycles. The minimum atomic E-state index is -2.27. The second kappa shape index (κ2) is 24.7. The molecule has 1 heterocycles. The number of primary amides is 1. The van der Waals surface area contributed by atoms with Crippen LogP contribution in [0.15, 0.2) is 129 Å². The Labute approximate surface area is 417 Å². The molecule has 386 valence electrons. The first kappa shape index (κ1) is 54.2. The van der Waals surface area contributed by atoms with Crippen LogP contribution in [0.4, 0.5) is 11.5 Å². The van der Waals surface area contributed by atoms with Crippen molar-refractivity contribution < 1.29 is 38.8 Å². The smallest absolute Gasteiger partial charge is 0.274 e. The van der Waals surface area contributed by atoms with Gasteiger partial charge in [-0.05, 0) is 17.7 Å². The summed E-state index contributed by atoms with van der Waals surface area (Å²) in [6.45, 7) is -0.496. The molecule has 0 aliphatic heterocycles. The number of aliphatic hydroxyl groups is 1. The van der Waals surface area contributed by atoms with Crippen molar-refractivity contribution in [3.8, 4) is 11.4 Å². The standard InChI is InChI=1S/C43H50N22O9/c44-27(66)29(60-40(45)46)56-35(68)31(62-42(49)50)58-37(70)32(63-43(51)52)59-36(69)30(61-41(47)48)57-34(67)26(20-11-3-1-4-12-20)54-38(71)39(72)64(19-22-15-7-10-18-25(22)65(73)74)33-23-16-8-9-17-24(23)53-28(55-33)21-13-5-2-6-14-21/h1-18,26,29-32,39,72H,19H2,(H2,44,66)(H,54,71)(H,56,68)(H,57,67)(H,58,70)(H,59,69)(H4,45,46,60)(H4,47,48,61)(H4,49,50,62)(H4,51,52,63). The van der Waals surface area contributed by atoms with E-state index in [4.69, 9.17) is 56.6 Å². The average molecular weight is 1020 g/mol. The molecule has 6 atom stereocenters. The zero-order valence-corrected chi connectivity index (χ0v) is 38.6. The van der Waals surface area contributed by atoms with Crippen molar-refractivity contribution in [2.75, 3.05) is 4.90 Å². The van der Waals surface area contributed by atoms with Gasteiger partial charge in [0, 0.05) is 22.6 Å². The third-order valence-electron chi connectivity index (χ3n) is 9.87. The van der Waals surface area contributed by atoms with E-state index in [0.717, 1.165) is 4.90 Å². The number of amides is 6. The summed E-state index contributed by atoms with van der Waals surface area (Å²) in [7, 11) is 0. The molecule has 5 aromatic rings. The third-order valence-corrected chi connectivity index (χ3v) is 9.87. The van der Waals surface area contributed by atoms with Crippen LogP contribution in [0.3, 0.4) is 0 Å². The summed E-state index contributed by atoms with van der Waals surface area (Å²) in [4.78, 5) is 118. The van der Waals surface area contributed by atoms with Gasteiger partial charge in [-0.1, -0.05) is 91.0 Å². The van der Waals surface area contributed by atoms with Crippen LogP contribution in [0.1, 0.15) is 17.2 Å². The lowest BCUT2D eigenvalue weighted by Gasteiger charge is -2.31. The number of nitrogens with zero attached hydrogens (tertiary/aromatic N) is 8. The molecule has 74 heavy (non-hydrogen) atoms. The molecule has 6 amide bonds. The van der Waals surface area contributed by atoms with E-state index < -0.39 is 108 Å². The summed E-state index contributed by atoms with van der Waals surface area (Å²) < 4.78 is 0. The number of nitro benzene ring substituents is 1. The van der Waals surface area contributed by atoms with Crippen molar-refractivity contribution in [2.45, 2.75) is 43.5 Å². The molecule has 4 aromatic carbocycles. The molecule has 5 rings (SSSR count). The zero-order valence-electron chi connectivity index (χ0n) is 38.6. The highest BCUT2D eigenvalue weighted by molar-refractivity contribution is 5.99. The molecular weight excluding hydrogens is 969 g/mol. The minimum Gasteiger partial charge on any atom is -0.370 e. The van der Waals surface area contributed by atoms with E-state index in [-0.39, 0.29) is 28.5 Å². The molecule has 0 aliphatic rings. The SMILES string of the molecule is NC(=O)C(N=C(N)N)NC(=O)C(N=C(N)N)NC(=O)C(N=C(N)N)NC(=O)C(N=C(N)N)NC(=O)C(NC(=O)C(O)N(Cc1ccccc1[N+](=O)[O-])c1nc(-c2ccccc2)nc2ccccc12)c1ccccc1. The predicted molar refractivity (Wildman–Crippen MR) is 268 cm³/mol. The fraction of sp³-hybridized carbons (Fsp3) is 0.163. The van der Waals surface area contributed by atoms with Gasteiger partial charge in [0.1, 0.15) is 11.9 Å². The lowest BCUT2D eigenvalue weighted by molar-refractivity contribution is -0.385. The van der Waals surface area contributed by atoms with E-state index in [0.29, 0.717) is 16.5 Å². The number of hydrogen-bond donors (Lipinski definition) is 15. The first-order chi connectivity index (χ1) is 35.1. The Balaban J connectivity index is 1.49. The summed E-state index contributed by atoms with van der Waals surface area (Å²) in [6.07, 6.45) is -10.6. The van der Waals surface area contributed by atoms with Crippen LogP contribution >= 0.6 is 0 Å². The Hall–Kier alpha value is -10.7. The summed E-state index contributed by atoms with van der Waals surface area (Å²) in [6, 6.07) is 26.6. The quantitative estimate of drug-likeness (QED) is 0.0101. The maximum Gasteiger partial charge on any atom is 0.274 e. The van der Waals surface area contributed by atoms with Crippen molar-refractivity contribution in [2.24, 2.45) is 71.6 Å². The fourth-order valence-electron chi connectivity index (χ4n) is 6.67. The second-order valence-corrected chi connectivity index (χ2v) is 15.3. The predicted octanol–water partition coefficient (Wildman–Crippen LogP) is -5.26. The molecule has 0 spiro atoms.